The molecule has 1 aromatic rings. The summed E-state index contributed by atoms with van der Waals surface area (Å²) in [5, 5.41) is 8.49. The highest BCUT2D eigenvalue weighted by Crippen LogP contribution is 2.25. The van der Waals surface area contributed by atoms with E-state index >= 15 is 0 Å². The van der Waals surface area contributed by atoms with Crippen LogP contribution in [0.25, 0.3) is 10.4 Å². The average molecular weight is 271 g/mol. The van der Waals surface area contributed by atoms with Crippen molar-refractivity contribution in [1.82, 2.24) is 0 Å². The zero-order valence-corrected chi connectivity index (χ0v) is 10.2. The fraction of sp³-hybridized carbons (Fsp3) is 0.300. The molecule has 1 heterocycles. The molecule has 0 aromatic heterocycles. The summed E-state index contributed by atoms with van der Waals surface area (Å²) in [4.78, 5) is 7.82. The van der Waals surface area contributed by atoms with Gasteiger partial charge in [-0.15, -0.1) is 0 Å². The molecule has 17 heavy (non-hydrogen) atoms. The van der Waals surface area contributed by atoms with Gasteiger partial charge in [-0.3, -0.25) is 0 Å². The van der Waals surface area contributed by atoms with Crippen LogP contribution in [0.4, 0.5) is 0 Å². The van der Waals surface area contributed by atoms with Crippen LogP contribution in [-0.2, 0) is 4.84 Å². The van der Waals surface area contributed by atoms with Crippen LogP contribution in [0, 0.1) is 0 Å². The molecule has 1 aromatic carbocycles. The van der Waals surface area contributed by atoms with E-state index < -0.39 is 0 Å². The minimum Gasteiger partial charge on any atom is -0.392 e. The van der Waals surface area contributed by atoms with E-state index in [-0.39, 0.29) is 12.6 Å². The van der Waals surface area contributed by atoms with E-state index in [0.717, 1.165) is 11.3 Å². The third-order valence-electron chi connectivity index (χ3n) is 2.32. The monoisotopic (exact) mass is 270 g/mol. The van der Waals surface area contributed by atoms with E-state index in [9.17, 15) is 0 Å². The fourth-order valence-corrected chi connectivity index (χ4v) is 2.05. The molecule has 5 nitrogen and oxygen atoms in total. The number of rotatable bonds is 3. The molecule has 0 bridgehead atoms. The first kappa shape index (κ1) is 12.0. The predicted octanol–water partition coefficient (Wildman–Crippen LogP) is 3.80. The third kappa shape index (κ3) is 2.82. The van der Waals surface area contributed by atoms with Crippen LogP contribution in [0.5, 0.6) is 0 Å². The largest absolute Gasteiger partial charge is 0.392 e. The van der Waals surface area contributed by atoms with Crippen molar-refractivity contribution in [3.05, 3.63) is 44.3 Å². The van der Waals surface area contributed by atoms with Gasteiger partial charge >= 0.3 is 0 Å². The number of hydrogen-bond acceptors (Lipinski definition) is 3. The second-order valence-electron chi connectivity index (χ2n) is 3.51. The lowest BCUT2D eigenvalue weighted by Crippen LogP contribution is -2.11. The smallest absolute Gasteiger partial charge is 0.138 e. The molecule has 88 valence electrons. The Morgan fingerprint density at radius 2 is 2.35 bits per heavy atom. The number of hydrogen-bond donors (Lipinski definition) is 0. The summed E-state index contributed by atoms with van der Waals surface area (Å²) in [5.74, 6) is 0. The van der Waals surface area contributed by atoms with Crippen LogP contribution >= 0.6 is 23.2 Å². The van der Waals surface area contributed by atoms with Gasteiger partial charge in [-0.2, -0.15) is 0 Å². The zero-order chi connectivity index (χ0) is 12.3. The first-order chi connectivity index (χ1) is 8.20. The van der Waals surface area contributed by atoms with Crippen molar-refractivity contribution in [2.45, 2.75) is 12.5 Å². The molecule has 1 aliphatic heterocycles. The highest BCUT2D eigenvalue weighted by molar-refractivity contribution is 6.37. The fourth-order valence-electron chi connectivity index (χ4n) is 1.54. The number of nitrogens with zero attached hydrogens (tertiary/aromatic N) is 4. The zero-order valence-electron chi connectivity index (χ0n) is 8.68. The van der Waals surface area contributed by atoms with E-state index in [1.54, 1.807) is 18.2 Å². The highest BCUT2D eigenvalue weighted by atomic mass is 35.5. The molecule has 0 saturated carbocycles. The minimum atomic E-state index is -0.215. The highest BCUT2D eigenvalue weighted by Gasteiger charge is 2.22. The molecule has 1 aliphatic rings. The lowest BCUT2D eigenvalue weighted by Gasteiger charge is -2.04. The maximum absolute atomic E-state index is 8.21. The summed E-state index contributed by atoms with van der Waals surface area (Å²) >= 11 is 11.9. The summed E-state index contributed by atoms with van der Waals surface area (Å²) in [7, 11) is 0. The number of benzene rings is 1. The van der Waals surface area contributed by atoms with Gasteiger partial charge in [0.25, 0.3) is 0 Å². The number of halogens is 2. The topological polar surface area (TPSA) is 70.4 Å². The Morgan fingerprint density at radius 3 is 3.06 bits per heavy atom. The molecule has 0 aliphatic carbocycles. The Bertz CT molecular complexity index is 511. The summed E-state index contributed by atoms with van der Waals surface area (Å²) in [6.45, 7) is 0.259. The van der Waals surface area contributed by atoms with Crippen molar-refractivity contribution in [3.8, 4) is 0 Å². The van der Waals surface area contributed by atoms with Gasteiger partial charge in [-0.05, 0) is 17.7 Å². The summed E-state index contributed by atoms with van der Waals surface area (Å²) in [6, 6.07) is 5.19. The van der Waals surface area contributed by atoms with Crippen LogP contribution in [0.1, 0.15) is 12.0 Å². The van der Waals surface area contributed by atoms with Gasteiger partial charge in [0.2, 0.25) is 0 Å². The van der Waals surface area contributed by atoms with Crippen LogP contribution in [-0.4, -0.2) is 18.4 Å². The molecule has 0 spiro atoms. The van der Waals surface area contributed by atoms with E-state index in [2.05, 4.69) is 15.2 Å². The van der Waals surface area contributed by atoms with E-state index in [1.165, 1.54) is 0 Å². The van der Waals surface area contributed by atoms with Gasteiger partial charge in [-0.1, -0.05) is 39.5 Å². The van der Waals surface area contributed by atoms with Gasteiger partial charge in [-0.25, -0.2) is 0 Å². The Morgan fingerprint density at radius 1 is 1.53 bits per heavy atom. The Hall–Kier alpha value is -1.42. The molecule has 0 saturated heterocycles. The van der Waals surface area contributed by atoms with Crippen LogP contribution in [0.2, 0.25) is 10.0 Å². The van der Waals surface area contributed by atoms with Gasteiger partial charge in [0, 0.05) is 21.9 Å². The molecule has 0 amide bonds. The van der Waals surface area contributed by atoms with Crippen molar-refractivity contribution in [1.29, 1.82) is 0 Å². The van der Waals surface area contributed by atoms with Crippen LogP contribution in [0.3, 0.4) is 0 Å². The molecule has 2 rings (SSSR count). The standard InChI is InChI=1S/C10H8Cl2N4O/c11-6-1-2-8(9(12)3-6)10-4-7(17-15-10)5-14-16-13/h1-3,7H,4-5H2/t7-/m1/s1. The molecular weight excluding hydrogens is 263 g/mol. The summed E-state index contributed by atoms with van der Waals surface area (Å²) in [5.41, 5.74) is 9.75. The van der Waals surface area contributed by atoms with Crippen LogP contribution < -0.4 is 0 Å². The normalized spacial score (nSPS) is 18.2. The van der Waals surface area contributed by atoms with E-state index in [1.807, 2.05) is 0 Å². The molecule has 7 heteroatoms. The molecular formula is C10H8Cl2N4O. The van der Waals surface area contributed by atoms with Gasteiger partial charge < -0.3 is 4.84 Å². The van der Waals surface area contributed by atoms with Crippen molar-refractivity contribution in [2.75, 3.05) is 6.54 Å². The van der Waals surface area contributed by atoms with Crippen LogP contribution in [0.15, 0.2) is 28.5 Å². The molecule has 0 N–H and O–H groups in total. The SMILES string of the molecule is [N-]=[N+]=NC[C@H]1CC(c2ccc(Cl)cc2Cl)=NO1. The van der Waals surface area contributed by atoms with Crippen molar-refractivity contribution >= 4 is 28.9 Å². The Balaban J connectivity index is 2.12. The van der Waals surface area contributed by atoms with Gasteiger partial charge in [0.05, 0.1) is 17.3 Å². The molecule has 0 radical (unpaired) electrons. The van der Waals surface area contributed by atoms with Gasteiger partial charge in [0.1, 0.15) is 6.10 Å². The Kier molecular flexibility index (Phi) is 3.74. The van der Waals surface area contributed by atoms with Crippen molar-refractivity contribution < 1.29 is 4.84 Å². The van der Waals surface area contributed by atoms with Crippen molar-refractivity contribution in [2.24, 2.45) is 10.3 Å². The lowest BCUT2D eigenvalue weighted by atomic mass is 10.1. The molecule has 0 unspecified atom stereocenters. The lowest BCUT2D eigenvalue weighted by molar-refractivity contribution is 0.0919. The molecule has 0 fully saturated rings. The Labute approximate surface area is 108 Å². The second kappa shape index (κ2) is 5.27. The summed E-state index contributed by atoms with van der Waals surface area (Å²) < 4.78 is 0. The van der Waals surface area contributed by atoms with Gasteiger partial charge in [0.15, 0.2) is 0 Å². The average Bonchev–Trinajstić information content (AvgIpc) is 2.75. The predicted molar refractivity (Wildman–Crippen MR) is 66.5 cm³/mol. The summed E-state index contributed by atoms with van der Waals surface area (Å²) in [6.07, 6.45) is 0.355. The first-order valence-electron chi connectivity index (χ1n) is 4.89. The third-order valence-corrected chi connectivity index (χ3v) is 2.87. The second-order valence-corrected chi connectivity index (χ2v) is 4.35. The maximum atomic E-state index is 8.21. The molecule has 1 atom stereocenters. The van der Waals surface area contributed by atoms with E-state index in [0.29, 0.717) is 16.5 Å². The number of oxime groups is 1. The maximum Gasteiger partial charge on any atom is 0.138 e. The van der Waals surface area contributed by atoms with E-state index in [4.69, 9.17) is 33.6 Å². The number of azide groups is 1. The quantitative estimate of drug-likeness (QED) is 0.468. The minimum absolute atomic E-state index is 0.215. The van der Waals surface area contributed by atoms with Crippen molar-refractivity contribution in [3.63, 3.8) is 0 Å². The first-order valence-corrected chi connectivity index (χ1v) is 5.65.